The first-order chi connectivity index (χ1) is 5.95. The summed E-state index contributed by atoms with van der Waals surface area (Å²) >= 11 is 9.33. The maximum atomic E-state index is 7.52. The molecule has 70 valence electrons. The minimum atomic E-state index is 0.409. The monoisotopic (exact) mass is 260 g/mol. The first-order valence-electron chi connectivity index (χ1n) is 3.74. The molecule has 0 aliphatic carbocycles. The SMILES string of the molecule is CC(=N)c1c(N)cc(C)c(Cl)c1Br. The van der Waals surface area contributed by atoms with E-state index >= 15 is 0 Å². The summed E-state index contributed by atoms with van der Waals surface area (Å²) in [6.45, 7) is 3.56. The van der Waals surface area contributed by atoms with Crippen LogP contribution in [0.25, 0.3) is 0 Å². The van der Waals surface area contributed by atoms with Crippen molar-refractivity contribution in [3.8, 4) is 0 Å². The van der Waals surface area contributed by atoms with Gasteiger partial charge in [0.25, 0.3) is 0 Å². The molecule has 0 aliphatic heterocycles. The van der Waals surface area contributed by atoms with Gasteiger partial charge >= 0.3 is 0 Å². The number of halogens is 2. The fourth-order valence-electron chi connectivity index (χ4n) is 1.16. The zero-order valence-electron chi connectivity index (χ0n) is 7.41. The van der Waals surface area contributed by atoms with E-state index in [-0.39, 0.29) is 0 Å². The molecule has 1 aromatic rings. The molecule has 0 atom stereocenters. The van der Waals surface area contributed by atoms with Crippen LogP contribution in [-0.2, 0) is 0 Å². The third-order valence-corrected chi connectivity index (χ3v) is 3.30. The molecule has 0 bridgehead atoms. The van der Waals surface area contributed by atoms with Crippen LogP contribution in [0.1, 0.15) is 18.1 Å². The summed E-state index contributed by atoms with van der Waals surface area (Å²) in [5.41, 5.74) is 8.35. The average molecular weight is 262 g/mol. The number of hydrogen-bond acceptors (Lipinski definition) is 2. The third-order valence-electron chi connectivity index (χ3n) is 1.79. The molecule has 13 heavy (non-hydrogen) atoms. The van der Waals surface area contributed by atoms with Crippen molar-refractivity contribution < 1.29 is 0 Å². The van der Waals surface area contributed by atoms with Gasteiger partial charge in [-0.3, -0.25) is 0 Å². The van der Waals surface area contributed by atoms with E-state index in [1.807, 2.05) is 6.92 Å². The highest BCUT2D eigenvalue weighted by atomic mass is 79.9. The molecular formula is C9H10BrClN2. The fraction of sp³-hybridized carbons (Fsp3) is 0.222. The molecule has 0 amide bonds. The van der Waals surface area contributed by atoms with Gasteiger partial charge in [0.15, 0.2) is 0 Å². The molecule has 0 heterocycles. The molecule has 1 rings (SSSR count). The summed E-state index contributed by atoms with van der Waals surface area (Å²) in [5.74, 6) is 0. The first kappa shape index (κ1) is 10.5. The van der Waals surface area contributed by atoms with Crippen LogP contribution >= 0.6 is 27.5 Å². The van der Waals surface area contributed by atoms with Crippen LogP contribution in [0.4, 0.5) is 5.69 Å². The lowest BCUT2D eigenvalue weighted by Gasteiger charge is -2.10. The van der Waals surface area contributed by atoms with Gasteiger partial charge in [-0.2, -0.15) is 0 Å². The number of anilines is 1. The van der Waals surface area contributed by atoms with Crippen molar-refractivity contribution in [3.05, 3.63) is 26.7 Å². The van der Waals surface area contributed by atoms with Gasteiger partial charge in [0, 0.05) is 21.4 Å². The number of nitrogens with two attached hydrogens (primary N) is 1. The molecule has 0 saturated carbocycles. The van der Waals surface area contributed by atoms with Crippen molar-refractivity contribution in [2.24, 2.45) is 0 Å². The molecule has 0 saturated heterocycles. The predicted octanol–water partition coefficient (Wildman–Crippen LogP) is 3.38. The van der Waals surface area contributed by atoms with Crippen molar-refractivity contribution >= 4 is 38.9 Å². The van der Waals surface area contributed by atoms with Gasteiger partial charge in [0.2, 0.25) is 0 Å². The molecule has 3 N–H and O–H groups in total. The number of hydrogen-bond donors (Lipinski definition) is 2. The summed E-state index contributed by atoms with van der Waals surface area (Å²) in [6.07, 6.45) is 0. The maximum Gasteiger partial charge on any atom is 0.0585 e. The Morgan fingerprint density at radius 2 is 2.15 bits per heavy atom. The molecule has 4 heteroatoms. The second-order valence-corrected chi connectivity index (χ2v) is 4.08. The largest absolute Gasteiger partial charge is 0.398 e. The number of nitrogen functional groups attached to an aromatic ring is 1. The predicted molar refractivity (Wildman–Crippen MR) is 60.8 cm³/mol. The van der Waals surface area contributed by atoms with Gasteiger partial charge in [-0.1, -0.05) is 11.6 Å². The highest BCUT2D eigenvalue weighted by Gasteiger charge is 2.12. The topological polar surface area (TPSA) is 49.9 Å². The molecule has 0 aliphatic rings. The first-order valence-corrected chi connectivity index (χ1v) is 4.91. The second-order valence-electron chi connectivity index (χ2n) is 2.91. The van der Waals surface area contributed by atoms with Crippen molar-refractivity contribution in [3.63, 3.8) is 0 Å². The van der Waals surface area contributed by atoms with E-state index in [4.69, 9.17) is 22.7 Å². The highest BCUT2D eigenvalue weighted by molar-refractivity contribution is 9.10. The highest BCUT2D eigenvalue weighted by Crippen LogP contribution is 2.33. The van der Waals surface area contributed by atoms with Crippen molar-refractivity contribution in [2.75, 3.05) is 5.73 Å². The average Bonchev–Trinajstić information content (AvgIpc) is 1.99. The van der Waals surface area contributed by atoms with Crippen LogP contribution in [0, 0.1) is 12.3 Å². The molecule has 2 nitrogen and oxygen atoms in total. The molecule has 0 fully saturated rings. The third kappa shape index (κ3) is 1.86. The minimum absolute atomic E-state index is 0.409. The lowest BCUT2D eigenvalue weighted by atomic mass is 10.1. The van der Waals surface area contributed by atoms with Gasteiger partial charge < -0.3 is 11.1 Å². The Morgan fingerprint density at radius 1 is 1.62 bits per heavy atom. The molecule has 0 radical (unpaired) electrons. The summed E-state index contributed by atoms with van der Waals surface area (Å²) in [7, 11) is 0. The molecule has 1 aromatic carbocycles. The van der Waals surface area contributed by atoms with E-state index in [0.29, 0.717) is 26.5 Å². The Hall–Kier alpha value is -0.540. The summed E-state index contributed by atoms with van der Waals surface area (Å²) in [6, 6.07) is 1.78. The molecule has 0 spiro atoms. The second kappa shape index (κ2) is 3.68. The Labute approximate surface area is 90.7 Å². The number of rotatable bonds is 1. The van der Waals surface area contributed by atoms with Crippen LogP contribution in [0.2, 0.25) is 5.02 Å². The lowest BCUT2D eigenvalue weighted by Crippen LogP contribution is -2.02. The van der Waals surface area contributed by atoms with Crippen LogP contribution in [0.3, 0.4) is 0 Å². The number of nitrogens with one attached hydrogen (secondary N) is 1. The van der Waals surface area contributed by atoms with Gasteiger partial charge in [-0.05, 0) is 41.4 Å². The smallest absolute Gasteiger partial charge is 0.0585 e. The van der Waals surface area contributed by atoms with Crippen LogP contribution < -0.4 is 5.73 Å². The minimum Gasteiger partial charge on any atom is -0.398 e. The number of benzene rings is 1. The van der Waals surface area contributed by atoms with Crippen molar-refractivity contribution in [1.82, 2.24) is 0 Å². The van der Waals surface area contributed by atoms with E-state index in [1.54, 1.807) is 13.0 Å². The fourth-order valence-corrected chi connectivity index (χ4v) is 2.15. The summed E-state index contributed by atoms with van der Waals surface area (Å²) < 4.78 is 0.708. The maximum absolute atomic E-state index is 7.52. The van der Waals surface area contributed by atoms with Gasteiger partial charge in [-0.25, -0.2) is 0 Å². The van der Waals surface area contributed by atoms with E-state index in [1.165, 1.54) is 0 Å². The quantitative estimate of drug-likeness (QED) is 0.591. The van der Waals surface area contributed by atoms with Gasteiger partial charge in [0.05, 0.1) is 5.02 Å². The summed E-state index contributed by atoms with van der Waals surface area (Å²) in [4.78, 5) is 0. The Balaban J connectivity index is 3.53. The normalized spacial score (nSPS) is 10.2. The van der Waals surface area contributed by atoms with Crippen LogP contribution in [0.5, 0.6) is 0 Å². The van der Waals surface area contributed by atoms with E-state index in [0.717, 1.165) is 5.56 Å². The molecular weight excluding hydrogens is 251 g/mol. The van der Waals surface area contributed by atoms with E-state index < -0.39 is 0 Å². The van der Waals surface area contributed by atoms with Crippen molar-refractivity contribution in [1.29, 1.82) is 5.41 Å². The lowest BCUT2D eigenvalue weighted by molar-refractivity contribution is 1.40. The molecule has 0 aromatic heterocycles. The molecule has 0 unspecified atom stereocenters. The Bertz CT molecular complexity index is 374. The van der Waals surface area contributed by atoms with Gasteiger partial charge in [-0.15, -0.1) is 0 Å². The number of aryl methyl sites for hydroxylation is 1. The van der Waals surface area contributed by atoms with Gasteiger partial charge in [0.1, 0.15) is 0 Å². The standard InChI is InChI=1S/C9H10BrClN2/c1-4-3-6(13)7(5(2)12)8(10)9(4)11/h3,12H,13H2,1-2H3. The summed E-state index contributed by atoms with van der Waals surface area (Å²) in [5, 5.41) is 8.14. The van der Waals surface area contributed by atoms with Crippen LogP contribution in [-0.4, -0.2) is 5.71 Å². The zero-order chi connectivity index (χ0) is 10.2. The Kier molecular flexibility index (Phi) is 2.98. The van der Waals surface area contributed by atoms with E-state index in [2.05, 4.69) is 15.9 Å². The Morgan fingerprint density at radius 3 is 2.62 bits per heavy atom. The van der Waals surface area contributed by atoms with E-state index in [9.17, 15) is 0 Å². The van der Waals surface area contributed by atoms with Crippen LogP contribution in [0.15, 0.2) is 10.5 Å². The van der Waals surface area contributed by atoms with Crippen molar-refractivity contribution in [2.45, 2.75) is 13.8 Å². The zero-order valence-corrected chi connectivity index (χ0v) is 9.75.